The quantitative estimate of drug-likeness (QED) is 0.806. The van der Waals surface area contributed by atoms with Crippen LogP contribution in [0.2, 0.25) is 0 Å². The number of carbonyl (C=O) groups is 1. The second kappa shape index (κ2) is 4.17. The van der Waals surface area contributed by atoms with E-state index in [9.17, 15) is 4.79 Å². The number of aliphatic carboxylic acids is 1. The summed E-state index contributed by atoms with van der Waals surface area (Å²) in [6.07, 6.45) is 1.17. The summed E-state index contributed by atoms with van der Waals surface area (Å²) in [6, 6.07) is 5.84. The molecule has 1 aromatic carbocycles. The predicted octanol–water partition coefficient (Wildman–Crippen LogP) is 2.58. The van der Waals surface area contributed by atoms with Crippen LogP contribution in [0.3, 0.4) is 0 Å². The first-order valence-corrected chi connectivity index (χ1v) is 4.87. The van der Waals surface area contributed by atoms with E-state index in [1.807, 2.05) is 0 Å². The molecule has 2 N–H and O–H groups in total. The minimum atomic E-state index is -0.818. The first kappa shape index (κ1) is 7.51. The molecule has 1 aromatic heterocycles. The molecule has 78 valence electrons. The van der Waals surface area contributed by atoms with Gasteiger partial charge in [0.15, 0.2) is 0 Å². The molecule has 0 atom stereocenters. The Morgan fingerprint density at radius 3 is 3.20 bits per heavy atom. The Kier molecular flexibility index (Phi) is 2.09. The predicted molar refractivity (Wildman–Crippen MR) is 58.9 cm³/mol. The zero-order valence-corrected chi connectivity index (χ0v) is 8.21. The third kappa shape index (κ3) is 2.37. The number of benzene rings is 1. The fraction of sp³-hybridized carbons (Fsp3) is 0.250. The molecule has 0 amide bonds. The second-order valence-corrected chi connectivity index (χ2v) is 3.45. The summed E-state index contributed by atoms with van der Waals surface area (Å²) in [4.78, 5) is 13.5. The largest absolute Gasteiger partial charge is 0.481 e. The minimum Gasteiger partial charge on any atom is -0.481 e. The van der Waals surface area contributed by atoms with E-state index in [0.29, 0.717) is 24.9 Å². The van der Waals surface area contributed by atoms with Crippen molar-refractivity contribution in [2.75, 3.05) is 0 Å². The molecule has 0 unspecified atom stereocenters. The third-order valence-electron chi connectivity index (χ3n) is 2.25. The summed E-state index contributed by atoms with van der Waals surface area (Å²) in [5, 5.41) is 9.28. The zero-order chi connectivity index (χ0) is 12.4. The number of aromatic amines is 1. The number of aromatic nitrogens is 1. The number of hydrogen-bond acceptors (Lipinski definition) is 1. The number of nitrogens with one attached hydrogen (secondary N) is 1. The van der Waals surface area contributed by atoms with Gasteiger partial charge in [-0.3, -0.25) is 4.79 Å². The van der Waals surface area contributed by atoms with Crippen molar-refractivity contribution in [2.45, 2.75) is 19.3 Å². The van der Waals surface area contributed by atoms with Gasteiger partial charge in [-0.2, -0.15) is 0 Å². The molecule has 0 aliphatic carbocycles. The van der Waals surface area contributed by atoms with E-state index in [1.165, 1.54) is 0 Å². The molecule has 2 aromatic rings. The Morgan fingerprint density at radius 1 is 1.53 bits per heavy atom. The molecular weight excluding hydrogens is 190 g/mol. The van der Waals surface area contributed by atoms with Crippen LogP contribution in [0, 0.1) is 0 Å². The Labute approximate surface area is 90.5 Å². The van der Waals surface area contributed by atoms with Gasteiger partial charge in [-0.15, -0.1) is 0 Å². The lowest BCUT2D eigenvalue weighted by Gasteiger charge is -1.94. The third-order valence-corrected chi connectivity index (χ3v) is 2.25. The molecule has 0 fully saturated rings. The summed E-state index contributed by atoms with van der Waals surface area (Å²) >= 11 is 0. The molecule has 3 nitrogen and oxygen atoms in total. The molecule has 1 heterocycles. The maximum atomic E-state index is 10.4. The van der Waals surface area contributed by atoms with Crippen LogP contribution in [0.1, 0.15) is 21.3 Å². The van der Waals surface area contributed by atoms with Crippen LogP contribution in [-0.2, 0) is 11.2 Å². The standard InChI is InChI=1S/C12H13NO2/c14-12(15)7-3-5-10-8-9-4-1-2-6-11(9)13-10/h1-2,4,6,8,13H,3,5,7H2,(H,14,15)/i1D,8D. The molecule has 0 aliphatic heterocycles. The van der Waals surface area contributed by atoms with Crippen LogP contribution in [0.4, 0.5) is 0 Å². The van der Waals surface area contributed by atoms with E-state index in [-0.39, 0.29) is 6.42 Å². The molecule has 0 spiro atoms. The summed E-state index contributed by atoms with van der Waals surface area (Å²) in [5.74, 6) is -0.818. The van der Waals surface area contributed by atoms with Crippen molar-refractivity contribution in [3.05, 3.63) is 36.0 Å². The highest BCUT2D eigenvalue weighted by Crippen LogP contribution is 2.15. The SMILES string of the molecule is [2H]c1ccc2[nH]c(CCCC(=O)O)c([2H])c2c1. The first-order valence-electron chi connectivity index (χ1n) is 5.87. The van der Waals surface area contributed by atoms with Gasteiger partial charge in [0.1, 0.15) is 0 Å². The van der Waals surface area contributed by atoms with Gasteiger partial charge in [0.2, 0.25) is 0 Å². The van der Waals surface area contributed by atoms with E-state index in [4.69, 9.17) is 7.85 Å². The lowest BCUT2D eigenvalue weighted by atomic mass is 10.2. The highest BCUT2D eigenvalue weighted by molar-refractivity contribution is 5.80. The van der Waals surface area contributed by atoms with Crippen molar-refractivity contribution < 1.29 is 12.6 Å². The molecule has 3 heteroatoms. The topological polar surface area (TPSA) is 53.1 Å². The van der Waals surface area contributed by atoms with Crippen LogP contribution in [0.5, 0.6) is 0 Å². The zero-order valence-electron chi connectivity index (χ0n) is 10.2. The van der Waals surface area contributed by atoms with E-state index >= 15 is 0 Å². The van der Waals surface area contributed by atoms with Crippen molar-refractivity contribution in [3.63, 3.8) is 0 Å². The van der Waals surface area contributed by atoms with Gasteiger partial charge in [-0.25, -0.2) is 0 Å². The van der Waals surface area contributed by atoms with E-state index in [0.717, 1.165) is 16.6 Å². The van der Waals surface area contributed by atoms with Gasteiger partial charge >= 0.3 is 5.97 Å². The lowest BCUT2D eigenvalue weighted by Crippen LogP contribution is -1.95. The summed E-state index contributed by atoms with van der Waals surface area (Å²) in [5.41, 5.74) is 1.57. The number of rotatable bonds is 4. The Balaban J connectivity index is 2.23. The smallest absolute Gasteiger partial charge is 0.303 e. The molecule has 2 rings (SSSR count). The van der Waals surface area contributed by atoms with Gasteiger partial charge < -0.3 is 10.1 Å². The maximum absolute atomic E-state index is 10.4. The minimum absolute atomic E-state index is 0.110. The number of fused-ring (bicyclic) bond motifs is 1. The van der Waals surface area contributed by atoms with Crippen LogP contribution < -0.4 is 0 Å². The maximum Gasteiger partial charge on any atom is 0.303 e. The highest BCUT2D eigenvalue weighted by atomic mass is 16.4. The van der Waals surface area contributed by atoms with Crippen molar-refractivity contribution in [2.24, 2.45) is 0 Å². The highest BCUT2D eigenvalue weighted by Gasteiger charge is 2.01. The van der Waals surface area contributed by atoms with Crippen molar-refractivity contribution >= 4 is 16.9 Å². The van der Waals surface area contributed by atoms with Gasteiger partial charge in [0.05, 0.1) is 2.74 Å². The Morgan fingerprint density at radius 2 is 2.40 bits per heavy atom. The molecule has 0 radical (unpaired) electrons. The first-order chi connectivity index (χ1) is 8.08. The van der Waals surface area contributed by atoms with Gasteiger partial charge in [0, 0.05) is 17.6 Å². The summed E-state index contributed by atoms with van der Waals surface area (Å²) in [6.45, 7) is 0. The number of hydrogen-bond donors (Lipinski definition) is 2. The fourth-order valence-corrected chi connectivity index (χ4v) is 1.54. The molecular formula is C12H13NO2. The number of aryl methyl sites for hydroxylation is 1. The van der Waals surface area contributed by atoms with E-state index in [1.54, 1.807) is 18.2 Å². The lowest BCUT2D eigenvalue weighted by molar-refractivity contribution is -0.137. The van der Waals surface area contributed by atoms with Crippen LogP contribution >= 0.6 is 0 Å². The average Bonchev–Trinajstić information content (AvgIpc) is 2.56. The van der Waals surface area contributed by atoms with Crippen LogP contribution in [0.15, 0.2) is 30.3 Å². The molecule has 0 aliphatic rings. The molecule has 0 bridgehead atoms. The monoisotopic (exact) mass is 205 g/mol. The average molecular weight is 205 g/mol. The number of carboxylic acid groups (broad SMARTS) is 1. The number of H-pyrrole nitrogens is 1. The second-order valence-electron chi connectivity index (χ2n) is 3.45. The van der Waals surface area contributed by atoms with Gasteiger partial charge in [-0.1, -0.05) is 18.2 Å². The fourth-order valence-electron chi connectivity index (χ4n) is 1.54. The normalized spacial score (nSPS) is 12.5. The number of para-hydroxylation sites is 1. The van der Waals surface area contributed by atoms with Crippen molar-refractivity contribution in [1.82, 2.24) is 4.98 Å². The summed E-state index contributed by atoms with van der Waals surface area (Å²) < 4.78 is 15.4. The Bertz CT molecular complexity index is 563. The number of carboxylic acids is 1. The molecule has 0 saturated heterocycles. The van der Waals surface area contributed by atoms with Gasteiger partial charge in [0.25, 0.3) is 0 Å². The van der Waals surface area contributed by atoms with E-state index in [2.05, 4.69) is 4.98 Å². The molecule has 0 saturated carbocycles. The van der Waals surface area contributed by atoms with Crippen molar-refractivity contribution in [1.29, 1.82) is 0 Å². The van der Waals surface area contributed by atoms with Crippen LogP contribution in [0.25, 0.3) is 10.9 Å². The molecule has 15 heavy (non-hydrogen) atoms. The van der Waals surface area contributed by atoms with Crippen molar-refractivity contribution in [3.8, 4) is 0 Å². The van der Waals surface area contributed by atoms with E-state index < -0.39 is 5.97 Å². The van der Waals surface area contributed by atoms with Gasteiger partial charge in [-0.05, 0) is 30.3 Å². The van der Waals surface area contributed by atoms with Crippen LogP contribution in [-0.4, -0.2) is 16.1 Å². The summed E-state index contributed by atoms with van der Waals surface area (Å²) in [7, 11) is 0. The Hall–Kier alpha value is -1.77.